The number of aromatic amines is 1. The number of nitrogens with one attached hydrogen (secondary N) is 2. The largest absolute Gasteiger partial charge is 0.445 e. The van der Waals surface area contributed by atoms with E-state index in [0.29, 0.717) is 6.54 Å². The fourth-order valence-corrected chi connectivity index (χ4v) is 2.61. The number of aromatic nitrogens is 1. The number of para-hydroxylation sites is 1. The minimum absolute atomic E-state index is 0.276. The second kappa shape index (κ2) is 7.51. The summed E-state index contributed by atoms with van der Waals surface area (Å²) in [5.74, 6) is 0. The third-order valence-corrected chi connectivity index (χ3v) is 3.80. The molecule has 3 aromatic rings. The van der Waals surface area contributed by atoms with Gasteiger partial charge >= 0.3 is 6.09 Å². The van der Waals surface area contributed by atoms with Crippen LogP contribution in [0, 0.1) is 6.92 Å². The van der Waals surface area contributed by atoms with Gasteiger partial charge in [-0.2, -0.15) is 0 Å². The van der Waals surface area contributed by atoms with Gasteiger partial charge in [-0.25, -0.2) is 4.79 Å². The highest BCUT2D eigenvalue weighted by molar-refractivity contribution is 5.90. The van der Waals surface area contributed by atoms with E-state index in [2.05, 4.69) is 22.4 Å². The van der Waals surface area contributed by atoms with E-state index >= 15 is 0 Å². The Bertz CT molecular complexity index is 850. The molecule has 0 bridgehead atoms. The minimum atomic E-state index is -0.417. The zero-order chi connectivity index (χ0) is 16.8. The van der Waals surface area contributed by atoms with Gasteiger partial charge in [-0.3, -0.25) is 0 Å². The maximum absolute atomic E-state index is 11.7. The first-order valence-electron chi connectivity index (χ1n) is 7.92. The van der Waals surface area contributed by atoms with Gasteiger partial charge in [-0.05, 0) is 18.6 Å². The Morgan fingerprint density at radius 1 is 1.12 bits per heavy atom. The molecule has 0 atom stereocenters. The van der Waals surface area contributed by atoms with Gasteiger partial charge in [0.1, 0.15) is 6.61 Å². The summed E-state index contributed by atoms with van der Waals surface area (Å²) in [6, 6.07) is 17.8. The fraction of sp³-hybridized carbons (Fsp3) is 0.150. The minimum Gasteiger partial charge on any atom is -0.445 e. The van der Waals surface area contributed by atoms with E-state index in [4.69, 9.17) is 4.74 Å². The molecule has 0 saturated heterocycles. The molecule has 0 unspecified atom stereocenters. The molecule has 0 fully saturated rings. The number of amides is 1. The van der Waals surface area contributed by atoms with E-state index in [0.717, 1.165) is 22.3 Å². The van der Waals surface area contributed by atoms with Crippen LogP contribution in [0.1, 0.15) is 16.8 Å². The SMILES string of the molecule is Cc1[nH]c2ccccc2c1C=CCNC(=O)OCc1ccccc1. The molecule has 0 radical (unpaired) electrons. The molecule has 1 heterocycles. The first kappa shape index (κ1) is 15.9. The number of alkyl carbamates (subject to hydrolysis) is 1. The summed E-state index contributed by atoms with van der Waals surface area (Å²) in [4.78, 5) is 15.0. The summed E-state index contributed by atoms with van der Waals surface area (Å²) in [6.45, 7) is 2.74. The van der Waals surface area contributed by atoms with Gasteiger partial charge in [0.25, 0.3) is 0 Å². The molecule has 2 aromatic carbocycles. The van der Waals surface area contributed by atoms with Gasteiger partial charge in [0.05, 0.1) is 0 Å². The van der Waals surface area contributed by atoms with Crippen molar-refractivity contribution in [3.8, 4) is 0 Å². The normalized spacial score (nSPS) is 11.0. The molecule has 1 aromatic heterocycles. The van der Waals surface area contributed by atoms with E-state index in [1.165, 1.54) is 5.39 Å². The number of ether oxygens (including phenoxy) is 1. The summed E-state index contributed by atoms with van der Waals surface area (Å²) in [6.07, 6.45) is 3.53. The first-order valence-corrected chi connectivity index (χ1v) is 7.92. The fourth-order valence-electron chi connectivity index (χ4n) is 2.61. The summed E-state index contributed by atoms with van der Waals surface area (Å²) in [7, 11) is 0. The maximum atomic E-state index is 11.7. The van der Waals surface area contributed by atoms with Gasteiger partial charge in [-0.15, -0.1) is 0 Å². The molecule has 4 nitrogen and oxygen atoms in total. The van der Waals surface area contributed by atoms with Crippen LogP contribution in [0.2, 0.25) is 0 Å². The number of H-pyrrole nitrogens is 1. The summed E-state index contributed by atoms with van der Waals surface area (Å²) in [5, 5.41) is 3.90. The number of hydrogen-bond donors (Lipinski definition) is 2. The third-order valence-electron chi connectivity index (χ3n) is 3.80. The second-order valence-corrected chi connectivity index (χ2v) is 5.55. The van der Waals surface area contributed by atoms with Crippen LogP contribution in [-0.4, -0.2) is 17.6 Å². The molecular formula is C20H20N2O2. The summed E-state index contributed by atoms with van der Waals surface area (Å²) >= 11 is 0. The van der Waals surface area contributed by atoms with Gasteiger partial charge in [0.2, 0.25) is 0 Å². The zero-order valence-corrected chi connectivity index (χ0v) is 13.6. The zero-order valence-electron chi connectivity index (χ0n) is 13.6. The Labute approximate surface area is 141 Å². The van der Waals surface area contributed by atoms with Crippen molar-refractivity contribution in [3.05, 3.63) is 77.5 Å². The van der Waals surface area contributed by atoms with Crippen molar-refractivity contribution in [2.45, 2.75) is 13.5 Å². The molecule has 122 valence electrons. The third kappa shape index (κ3) is 3.84. The van der Waals surface area contributed by atoms with Crippen molar-refractivity contribution in [2.75, 3.05) is 6.54 Å². The Morgan fingerprint density at radius 3 is 2.71 bits per heavy atom. The van der Waals surface area contributed by atoms with Gasteiger partial charge < -0.3 is 15.0 Å². The highest BCUT2D eigenvalue weighted by atomic mass is 16.5. The van der Waals surface area contributed by atoms with Gasteiger partial charge in [-0.1, -0.05) is 60.7 Å². The molecule has 3 rings (SSSR count). The molecule has 4 heteroatoms. The topological polar surface area (TPSA) is 54.1 Å². The monoisotopic (exact) mass is 320 g/mol. The van der Waals surface area contributed by atoms with Crippen LogP contribution in [0.25, 0.3) is 17.0 Å². The smallest absolute Gasteiger partial charge is 0.407 e. The number of benzene rings is 2. The number of aryl methyl sites for hydroxylation is 1. The van der Waals surface area contributed by atoms with Crippen LogP contribution in [-0.2, 0) is 11.3 Å². The lowest BCUT2D eigenvalue weighted by molar-refractivity contribution is 0.141. The quantitative estimate of drug-likeness (QED) is 0.731. The highest BCUT2D eigenvalue weighted by Crippen LogP contribution is 2.22. The number of carbonyl (C=O) groups excluding carboxylic acids is 1. The Morgan fingerprint density at radius 2 is 1.88 bits per heavy atom. The Kier molecular flexibility index (Phi) is 4.96. The van der Waals surface area contributed by atoms with Crippen LogP contribution in [0.4, 0.5) is 4.79 Å². The van der Waals surface area contributed by atoms with Crippen LogP contribution < -0.4 is 5.32 Å². The summed E-state index contributed by atoms with van der Waals surface area (Å²) in [5.41, 5.74) is 4.34. The number of carbonyl (C=O) groups is 1. The van der Waals surface area contributed by atoms with Crippen molar-refractivity contribution >= 4 is 23.1 Å². The lowest BCUT2D eigenvalue weighted by atomic mass is 10.1. The van der Waals surface area contributed by atoms with E-state index < -0.39 is 6.09 Å². The molecule has 0 aliphatic carbocycles. The van der Waals surface area contributed by atoms with Crippen molar-refractivity contribution < 1.29 is 9.53 Å². The molecule has 0 saturated carbocycles. The first-order chi connectivity index (χ1) is 11.7. The molecular weight excluding hydrogens is 300 g/mol. The van der Waals surface area contributed by atoms with E-state index in [1.54, 1.807) is 0 Å². The van der Waals surface area contributed by atoms with Gasteiger partial charge in [0, 0.05) is 28.7 Å². The number of fused-ring (bicyclic) bond motifs is 1. The van der Waals surface area contributed by atoms with Crippen LogP contribution in [0.3, 0.4) is 0 Å². The molecule has 0 aliphatic rings. The van der Waals surface area contributed by atoms with Crippen molar-refractivity contribution in [1.82, 2.24) is 10.3 Å². The Balaban J connectivity index is 1.51. The average Bonchev–Trinajstić information content (AvgIpc) is 2.93. The predicted octanol–water partition coefficient (Wildman–Crippen LogP) is 4.42. The molecule has 1 amide bonds. The van der Waals surface area contributed by atoms with Crippen LogP contribution >= 0.6 is 0 Å². The Hall–Kier alpha value is -3.01. The lowest BCUT2D eigenvalue weighted by Crippen LogP contribution is -2.24. The van der Waals surface area contributed by atoms with Crippen LogP contribution in [0.15, 0.2) is 60.7 Å². The van der Waals surface area contributed by atoms with Crippen molar-refractivity contribution in [2.24, 2.45) is 0 Å². The summed E-state index contributed by atoms with van der Waals surface area (Å²) < 4.78 is 5.17. The predicted molar refractivity (Wildman–Crippen MR) is 96.7 cm³/mol. The van der Waals surface area contributed by atoms with Crippen molar-refractivity contribution in [3.63, 3.8) is 0 Å². The lowest BCUT2D eigenvalue weighted by Gasteiger charge is -2.05. The highest BCUT2D eigenvalue weighted by Gasteiger charge is 2.04. The van der Waals surface area contributed by atoms with Gasteiger partial charge in [0.15, 0.2) is 0 Å². The molecule has 0 aliphatic heterocycles. The molecule has 0 spiro atoms. The van der Waals surface area contributed by atoms with Crippen LogP contribution in [0.5, 0.6) is 0 Å². The molecule has 2 N–H and O–H groups in total. The van der Waals surface area contributed by atoms with Crippen molar-refractivity contribution in [1.29, 1.82) is 0 Å². The van der Waals surface area contributed by atoms with E-state index in [-0.39, 0.29) is 6.61 Å². The average molecular weight is 320 g/mol. The van der Waals surface area contributed by atoms with E-state index in [1.807, 2.05) is 61.5 Å². The number of rotatable bonds is 5. The number of hydrogen-bond acceptors (Lipinski definition) is 2. The maximum Gasteiger partial charge on any atom is 0.407 e. The standard InChI is InChI=1S/C20H20N2O2/c1-15-17(18-10-5-6-12-19(18)22-15)11-7-13-21-20(23)24-14-16-8-3-2-4-9-16/h2-12,22H,13-14H2,1H3,(H,21,23). The second-order valence-electron chi connectivity index (χ2n) is 5.55. The van der Waals surface area contributed by atoms with E-state index in [9.17, 15) is 4.79 Å². The molecule has 24 heavy (non-hydrogen) atoms.